The molecular weight excluding hydrogens is 234 g/mol. The molecule has 1 aromatic heterocycles. The first kappa shape index (κ1) is 12.2. The molecule has 0 saturated heterocycles. The van der Waals surface area contributed by atoms with Crippen LogP contribution in [0.5, 0.6) is 0 Å². The summed E-state index contributed by atoms with van der Waals surface area (Å²) in [5, 5.41) is 9.77. The van der Waals surface area contributed by atoms with Crippen LogP contribution in [0.1, 0.15) is 13.3 Å². The zero-order valence-corrected chi connectivity index (χ0v) is 9.87. The van der Waals surface area contributed by atoms with E-state index in [1.807, 2.05) is 12.1 Å². The van der Waals surface area contributed by atoms with Crippen molar-refractivity contribution in [3.8, 4) is 0 Å². The molecule has 5 heteroatoms. The van der Waals surface area contributed by atoms with E-state index in [-0.39, 0.29) is 12.0 Å². The molecule has 0 amide bonds. The number of aromatic nitrogens is 1. The van der Waals surface area contributed by atoms with Gasteiger partial charge >= 0.3 is 5.97 Å². The Morgan fingerprint density at radius 2 is 2.06 bits per heavy atom. The second-order valence-corrected chi connectivity index (χ2v) is 3.87. The fourth-order valence-electron chi connectivity index (χ4n) is 1.69. The van der Waals surface area contributed by atoms with Crippen molar-refractivity contribution in [3.05, 3.63) is 46.8 Å². The van der Waals surface area contributed by atoms with Gasteiger partial charge in [-0.3, -0.25) is 4.79 Å². The van der Waals surface area contributed by atoms with Gasteiger partial charge in [0.05, 0.1) is 5.52 Å². The number of hydrogen-bond donors (Lipinski definition) is 1. The van der Waals surface area contributed by atoms with Crippen LogP contribution in [0.15, 0.2) is 41.2 Å². The predicted octanol–water partition coefficient (Wildman–Crippen LogP) is 1.29. The lowest BCUT2D eigenvalue weighted by Gasteiger charge is -2.16. The van der Waals surface area contributed by atoms with Crippen LogP contribution >= 0.6 is 0 Å². The van der Waals surface area contributed by atoms with Gasteiger partial charge in [-0.2, -0.15) is 0 Å². The van der Waals surface area contributed by atoms with Crippen LogP contribution in [-0.4, -0.2) is 21.9 Å². The van der Waals surface area contributed by atoms with Crippen molar-refractivity contribution in [2.24, 2.45) is 0 Å². The van der Waals surface area contributed by atoms with Gasteiger partial charge in [-0.15, -0.1) is 4.73 Å². The monoisotopic (exact) mass is 247 g/mol. The first-order chi connectivity index (χ1) is 8.63. The lowest BCUT2D eigenvalue weighted by molar-refractivity contribution is -0.150. The molecule has 2 aromatic rings. The number of carboxylic acids is 1. The van der Waals surface area contributed by atoms with Crippen molar-refractivity contribution < 1.29 is 14.7 Å². The molecule has 1 aromatic carbocycles. The number of carboxylic acid groups (broad SMARTS) is 1. The molecule has 5 nitrogen and oxygen atoms in total. The number of aliphatic carboxylic acids is 1. The minimum Gasteiger partial charge on any atom is -0.478 e. The van der Waals surface area contributed by atoms with Gasteiger partial charge in [-0.25, -0.2) is 4.79 Å². The fourth-order valence-corrected chi connectivity index (χ4v) is 1.69. The molecule has 2 rings (SSSR count). The van der Waals surface area contributed by atoms with Gasteiger partial charge in [0.1, 0.15) is 0 Å². The van der Waals surface area contributed by atoms with Crippen LogP contribution in [0.3, 0.4) is 0 Å². The standard InChI is InChI=1S/C13H13NO4/c1-2-11(13(16)17)18-14-10-6-4-3-5-9(10)7-8-12(14)15/h3-8,11H,2H2,1H3,(H,16,17). The van der Waals surface area contributed by atoms with Crippen LogP contribution in [-0.2, 0) is 4.79 Å². The van der Waals surface area contributed by atoms with E-state index < -0.39 is 12.1 Å². The molecule has 0 aliphatic rings. The molecule has 1 unspecified atom stereocenters. The van der Waals surface area contributed by atoms with Gasteiger partial charge in [-0.1, -0.05) is 25.1 Å². The fraction of sp³-hybridized carbons (Fsp3) is 0.231. The van der Waals surface area contributed by atoms with Crippen molar-refractivity contribution in [2.45, 2.75) is 19.4 Å². The minimum atomic E-state index is -1.09. The SMILES string of the molecule is CCC(On1c(=O)ccc2ccccc21)C(=O)O. The van der Waals surface area contributed by atoms with E-state index in [9.17, 15) is 9.59 Å². The summed E-state index contributed by atoms with van der Waals surface area (Å²) < 4.78 is 1.04. The Morgan fingerprint density at radius 3 is 2.72 bits per heavy atom. The maximum atomic E-state index is 11.8. The third-order valence-corrected chi connectivity index (χ3v) is 2.64. The molecule has 1 N–H and O–H groups in total. The van der Waals surface area contributed by atoms with Crippen molar-refractivity contribution >= 4 is 16.9 Å². The molecule has 1 atom stereocenters. The normalized spacial score (nSPS) is 12.3. The zero-order valence-electron chi connectivity index (χ0n) is 9.87. The Bertz CT molecular complexity index is 632. The largest absolute Gasteiger partial charge is 0.478 e. The topological polar surface area (TPSA) is 68.5 Å². The van der Waals surface area contributed by atoms with Crippen LogP contribution < -0.4 is 10.4 Å². The van der Waals surface area contributed by atoms with Gasteiger partial charge in [-0.05, 0) is 18.6 Å². The smallest absolute Gasteiger partial charge is 0.347 e. The summed E-state index contributed by atoms with van der Waals surface area (Å²) in [7, 11) is 0. The number of nitrogens with zero attached hydrogens (tertiary/aromatic N) is 1. The number of carbonyl (C=O) groups is 1. The molecule has 0 aliphatic heterocycles. The molecule has 0 aliphatic carbocycles. The quantitative estimate of drug-likeness (QED) is 0.884. The molecule has 0 radical (unpaired) electrons. The first-order valence-corrected chi connectivity index (χ1v) is 5.64. The third-order valence-electron chi connectivity index (χ3n) is 2.64. The maximum Gasteiger partial charge on any atom is 0.347 e. The minimum absolute atomic E-state index is 0.283. The van der Waals surface area contributed by atoms with Crippen LogP contribution in [0.2, 0.25) is 0 Å². The Labute approximate surface area is 103 Å². The highest BCUT2D eigenvalue weighted by molar-refractivity contribution is 5.78. The van der Waals surface area contributed by atoms with Gasteiger partial charge in [0, 0.05) is 11.5 Å². The first-order valence-electron chi connectivity index (χ1n) is 5.64. The van der Waals surface area contributed by atoms with Crippen molar-refractivity contribution in [2.75, 3.05) is 0 Å². The highest BCUT2D eigenvalue weighted by Crippen LogP contribution is 2.10. The molecule has 18 heavy (non-hydrogen) atoms. The summed E-state index contributed by atoms with van der Waals surface area (Å²) in [5.74, 6) is -1.09. The Hall–Kier alpha value is -2.30. The molecular formula is C13H13NO4. The van der Waals surface area contributed by atoms with Crippen molar-refractivity contribution in [1.29, 1.82) is 0 Å². The van der Waals surface area contributed by atoms with Crippen molar-refractivity contribution in [1.82, 2.24) is 4.73 Å². The third kappa shape index (κ3) is 2.20. The highest BCUT2D eigenvalue weighted by Gasteiger charge is 2.18. The summed E-state index contributed by atoms with van der Waals surface area (Å²) in [5.41, 5.74) is 0.179. The van der Waals surface area contributed by atoms with Crippen LogP contribution in [0.4, 0.5) is 0 Å². The molecule has 94 valence electrons. The summed E-state index contributed by atoms with van der Waals surface area (Å²) in [6.07, 6.45) is -0.751. The van der Waals surface area contributed by atoms with E-state index in [1.165, 1.54) is 6.07 Å². The van der Waals surface area contributed by atoms with E-state index in [1.54, 1.807) is 25.1 Å². The molecule has 0 fully saturated rings. The highest BCUT2D eigenvalue weighted by atomic mass is 16.7. The van der Waals surface area contributed by atoms with Gasteiger partial charge < -0.3 is 9.94 Å². The molecule has 0 spiro atoms. The van der Waals surface area contributed by atoms with Crippen LogP contribution in [0.25, 0.3) is 10.9 Å². The second kappa shape index (κ2) is 4.91. The molecule has 1 heterocycles. The van der Waals surface area contributed by atoms with E-state index in [0.717, 1.165) is 10.1 Å². The number of rotatable bonds is 4. The van der Waals surface area contributed by atoms with Gasteiger partial charge in [0.25, 0.3) is 5.56 Å². The number of benzene rings is 1. The Kier molecular flexibility index (Phi) is 3.32. The summed E-state index contributed by atoms with van der Waals surface area (Å²) in [6, 6.07) is 10.2. The molecule has 0 bridgehead atoms. The maximum absolute atomic E-state index is 11.8. The van der Waals surface area contributed by atoms with Gasteiger partial charge in [0.2, 0.25) is 6.10 Å². The lowest BCUT2D eigenvalue weighted by Crippen LogP contribution is -2.37. The zero-order chi connectivity index (χ0) is 13.1. The summed E-state index contributed by atoms with van der Waals surface area (Å²) >= 11 is 0. The Morgan fingerprint density at radius 1 is 1.33 bits per heavy atom. The van der Waals surface area contributed by atoms with Gasteiger partial charge in [0.15, 0.2) is 0 Å². The summed E-state index contributed by atoms with van der Waals surface area (Å²) in [6.45, 7) is 1.69. The van der Waals surface area contributed by atoms with E-state index in [0.29, 0.717) is 5.52 Å². The number of pyridine rings is 1. The second-order valence-electron chi connectivity index (χ2n) is 3.87. The van der Waals surface area contributed by atoms with E-state index >= 15 is 0 Å². The number of para-hydroxylation sites is 1. The number of fused-ring (bicyclic) bond motifs is 1. The lowest BCUT2D eigenvalue weighted by atomic mass is 10.2. The number of hydrogen-bond acceptors (Lipinski definition) is 3. The molecule has 0 saturated carbocycles. The Balaban J connectivity index is 2.52. The van der Waals surface area contributed by atoms with Crippen molar-refractivity contribution in [3.63, 3.8) is 0 Å². The average Bonchev–Trinajstić information content (AvgIpc) is 2.37. The van der Waals surface area contributed by atoms with E-state index in [4.69, 9.17) is 9.94 Å². The predicted molar refractivity (Wildman–Crippen MR) is 66.5 cm³/mol. The average molecular weight is 247 g/mol. The van der Waals surface area contributed by atoms with Crippen LogP contribution in [0, 0.1) is 0 Å². The van der Waals surface area contributed by atoms with E-state index in [2.05, 4.69) is 0 Å². The summed E-state index contributed by atoms with van der Waals surface area (Å²) in [4.78, 5) is 28.0.